The number of anilines is 1. The van der Waals surface area contributed by atoms with Gasteiger partial charge < -0.3 is 10.1 Å². The number of nitrogens with zero attached hydrogens (tertiary/aromatic N) is 1. The number of aromatic nitrogens is 1. The first kappa shape index (κ1) is 15.3. The van der Waals surface area contributed by atoms with Crippen molar-refractivity contribution < 1.29 is 17.9 Å². The molecule has 1 aromatic rings. The average molecular weight is 322 g/mol. The van der Waals surface area contributed by atoms with E-state index in [0.29, 0.717) is 10.2 Å². The molecule has 0 aliphatic rings. The fourth-order valence-electron chi connectivity index (χ4n) is 0.818. The SMILES string of the molecule is CNc1cnc(OCC(F)(F)F)c(Br)c1.Cl. The van der Waals surface area contributed by atoms with Gasteiger partial charge in [-0.05, 0) is 22.0 Å². The maximum absolute atomic E-state index is 11.8. The van der Waals surface area contributed by atoms with E-state index < -0.39 is 12.8 Å². The van der Waals surface area contributed by atoms with Crippen molar-refractivity contribution in [3.63, 3.8) is 0 Å². The normalized spacial score (nSPS) is 10.6. The van der Waals surface area contributed by atoms with Crippen LogP contribution in [-0.2, 0) is 0 Å². The molecule has 0 saturated heterocycles. The maximum Gasteiger partial charge on any atom is 0.422 e. The molecule has 0 aliphatic carbocycles. The minimum Gasteiger partial charge on any atom is -0.467 e. The molecule has 0 amide bonds. The van der Waals surface area contributed by atoms with Crippen LogP contribution < -0.4 is 10.1 Å². The molecular weight excluding hydrogens is 312 g/mol. The Morgan fingerprint density at radius 1 is 1.50 bits per heavy atom. The summed E-state index contributed by atoms with van der Waals surface area (Å²) in [7, 11) is 1.68. The predicted octanol–water partition coefficient (Wildman–Crippen LogP) is 3.25. The highest BCUT2D eigenvalue weighted by molar-refractivity contribution is 9.10. The lowest BCUT2D eigenvalue weighted by Gasteiger charge is -2.10. The Morgan fingerprint density at radius 2 is 2.12 bits per heavy atom. The van der Waals surface area contributed by atoms with Gasteiger partial charge in [0, 0.05) is 7.05 Å². The van der Waals surface area contributed by atoms with Crippen molar-refractivity contribution in [2.45, 2.75) is 6.18 Å². The Labute approximate surface area is 105 Å². The maximum atomic E-state index is 11.8. The Morgan fingerprint density at radius 3 is 2.56 bits per heavy atom. The molecule has 0 spiro atoms. The molecule has 1 heterocycles. The van der Waals surface area contributed by atoms with Gasteiger partial charge in [-0.2, -0.15) is 13.2 Å². The predicted molar refractivity (Wildman–Crippen MR) is 60.3 cm³/mol. The van der Waals surface area contributed by atoms with E-state index in [-0.39, 0.29) is 18.3 Å². The van der Waals surface area contributed by atoms with Gasteiger partial charge in [0.15, 0.2) is 6.61 Å². The van der Waals surface area contributed by atoms with Gasteiger partial charge in [0.05, 0.1) is 16.4 Å². The standard InChI is InChI=1S/C8H8BrF3N2O.ClH/c1-13-5-2-6(9)7(14-3-5)15-4-8(10,11)12;/h2-3,13H,4H2,1H3;1H. The van der Waals surface area contributed by atoms with Gasteiger partial charge in [-0.1, -0.05) is 0 Å². The van der Waals surface area contributed by atoms with E-state index in [9.17, 15) is 13.2 Å². The molecule has 0 aliphatic heterocycles. The van der Waals surface area contributed by atoms with Crippen molar-refractivity contribution in [3.05, 3.63) is 16.7 Å². The van der Waals surface area contributed by atoms with Crippen LogP contribution in [0.5, 0.6) is 5.88 Å². The van der Waals surface area contributed by atoms with Gasteiger partial charge in [-0.3, -0.25) is 0 Å². The molecule has 0 bridgehead atoms. The van der Waals surface area contributed by atoms with Crippen molar-refractivity contribution in [3.8, 4) is 5.88 Å². The van der Waals surface area contributed by atoms with Crippen LogP contribution in [0.15, 0.2) is 16.7 Å². The third-order valence-corrected chi connectivity index (χ3v) is 2.04. The molecule has 0 fully saturated rings. The highest BCUT2D eigenvalue weighted by Gasteiger charge is 2.29. The fourth-order valence-corrected chi connectivity index (χ4v) is 1.28. The molecule has 0 aromatic carbocycles. The van der Waals surface area contributed by atoms with E-state index in [1.54, 1.807) is 13.1 Å². The lowest BCUT2D eigenvalue weighted by Crippen LogP contribution is -2.19. The van der Waals surface area contributed by atoms with Crippen molar-refractivity contribution in [2.75, 3.05) is 19.0 Å². The monoisotopic (exact) mass is 320 g/mol. The fraction of sp³-hybridized carbons (Fsp3) is 0.375. The van der Waals surface area contributed by atoms with Crippen LogP contribution in [0.3, 0.4) is 0 Å². The van der Waals surface area contributed by atoms with Gasteiger partial charge in [0.1, 0.15) is 0 Å². The van der Waals surface area contributed by atoms with Crippen molar-refractivity contribution >= 4 is 34.0 Å². The van der Waals surface area contributed by atoms with Gasteiger partial charge in [0.25, 0.3) is 0 Å². The number of hydrogen-bond acceptors (Lipinski definition) is 3. The summed E-state index contributed by atoms with van der Waals surface area (Å²) in [5.41, 5.74) is 0.682. The summed E-state index contributed by atoms with van der Waals surface area (Å²) in [6.07, 6.45) is -2.97. The van der Waals surface area contributed by atoms with E-state index in [0.717, 1.165) is 0 Å². The van der Waals surface area contributed by atoms with Crippen LogP contribution in [0.4, 0.5) is 18.9 Å². The molecule has 0 radical (unpaired) electrons. The van der Waals surface area contributed by atoms with Crippen LogP contribution in [0.1, 0.15) is 0 Å². The second-order valence-corrected chi connectivity index (χ2v) is 3.52. The smallest absolute Gasteiger partial charge is 0.422 e. The molecule has 16 heavy (non-hydrogen) atoms. The van der Waals surface area contributed by atoms with E-state index in [1.807, 2.05) is 0 Å². The Kier molecular flexibility index (Phi) is 5.88. The summed E-state index contributed by atoms with van der Waals surface area (Å²) < 4.78 is 40.4. The molecule has 92 valence electrons. The summed E-state index contributed by atoms with van der Waals surface area (Å²) in [6.45, 7) is -1.35. The van der Waals surface area contributed by atoms with Crippen molar-refractivity contribution in [1.82, 2.24) is 4.98 Å². The number of hydrogen-bond donors (Lipinski definition) is 1. The molecule has 0 atom stereocenters. The first-order valence-corrected chi connectivity index (χ1v) is 4.74. The number of pyridine rings is 1. The quantitative estimate of drug-likeness (QED) is 0.928. The third-order valence-electron chi connectivity index (χ3n) is 1.47. The summed E-state index contributed by atoms with van der Waals surface area (Å²) in [4.78, 5) is 3.72. The van der Waals surface area contributed by atoms with Crippen molar-refractivity contribution in [1.29, 1.82) is 0 Å². The number of ether oxygens (including phenoxy) is 1. The first-order chi connectivity index (χ1) is 6.92. The van der Waals surface area contributed by atoms with E-state index in [1.165, 1.54) is 6.20 Å². The summed E-state index contributed by atoms with van der Waals surface area (Å²) in [5.74, 6) is -0.0775. The topological polar surface area (TPSA) is 34.2 Å². The van der Waals surface area contributed by atoms with Crippen molar-refractivity contribution in [2.24, 2.45) is 0 Å². The van der Waals surface area contributed by atoms with E-state index >= 15 is 0 Å². The Hall–Kier alpha value is -0.690. The third kappa shape index (κ3) is 4.89. The van der Waals surface area contributed by atoms with Gasteiger partial charge in [0.2, 0.25) is 5.88 Å². The van der Waals surface area contributed by atoms with E-state index in [4.69, 9.17) is 0 Å². The largest absolute Gasteiger partial charge is 0.467 e. The lowest BCUT2D eigenvalue weighted by molar-refractivity contribution is -0.154. The molecular formula is C8H9BrClF3N2O. The lowest BCUT2D eigenvalue weighted by atomic mass is 10.4. The minimum absolute atomic E-state index is 0. The second-order valence-electron chi connectivity index (χ2n) is 2.66. The Balaban J connectivity index is 0.00000225. The molecule has 1 N–H and O–H groups in total. The minimum atomic E-state index is -4.36. The zero-order valence-electron chi connectivity index (χ0n) is 8.14. The number of halogens is 5. The van der Waals surface area contributed by atoms with Crippen LogP contribution in [0, 0.1) is 0 Å². The van der Waals surface area contributed by atoms with Crippen LogP contribution >= 0.6 is 28.3 Å². The van der Waals surface area contributed by atoms with Gasteiger partial charge >= 0.3 is 6.18 Å². The van der Waals surface area contributed by atoms with Crippen LogP contribution in [0.25, 0.3) is 0 Å². The molecule has 0 unspecified atom stereocenters. The molecule has 1 rings (SSSR count). The van der Waals surface area contributed by atoms with Crippen LogP contribution in [-0.4, -0.2) is 24.8 Å². The molecule has 0 saturated carbocycles. The Bertz CT molecular complexity index is 349. The van der Waals surface area contributed by atoms with E-state index in [2.05, 4.69) is 31.0 Å². The highest BCUT2D eigenvalue weighted by Crippen LogP contribution is 2.26. The van der Waals surface area contributed by atoms with Gasteiger partial charge in [-0.15, -0.1) is 12.4 Å². The second kappa shape index (κ2) is 6.15. The number of alkyl halides is 3. The molecule has 8 heteroatoms. The number of nitrogens with one attached hydrogen (secondary N) is 1. The number of rotatable bonds is 3. The first-order valence-electron chi connectivity index (χ1n) is 3.95. The zero-order chi connectivity index (χ0) is 11.5. The highest BCUT2D eigenvalue weighted by atomic mass is 79.9. The molecule has 1 aromatic heterocycles. The molecule has 3 nitrogen and oxygen atoms in total. The van der Waals surface area contributed by atoms with Gasteiger partial charge in [-0.25, -0.2) is 4.98 Å². The summed E-state index contributed by atoms with van der Waals surface area (Å²) in [6, 6.07) is 1.58. The summed E-state index contributed by atoms with van der Waals surface area (Å²) >= 11 is 3.06. The summed E-state index contributed by atoms with van der Waals surface area (Å²) in [5, 5.41) is 2.80. The zero-order valence-corrected chi connectivity index (χ0v) is 10.5. The average Bonchev–Trinajstić information content (AvgIpc) is 2.14. The van der Waals surface area contributed by atoms with Crippen LogP contribution in [0.2, 0.25) is 0 Å².